The minimum Gasteiger partial charge on any atom is -0.462 e. The molecule has 118 valence electrons. The Labute approximate surface area is 136 Å². The number of piperazine rings is 1. The first-order valence-electron chi connectivity index (χ1n) is 7.17. The van der Waals surface area contributed by atoms with Gasteiger partial charge in [0, 0.05) is 30.7 Å². The van der Waals surface area contributed by atoms with Gasteiger partial charge in [0.2, 0.25) is 0 Å². The van der Waals surface area contributed by atoms with Crippen molar-refractivity contribution in [1.82, 2.24) is 5.32 Å². The van der Waals surface area contributed by atoms with Crippen molar-refractivity contribution in [2.24, 2.45) is 0 Å². The van der Waals surface area contributed by atoms with Gasteiger partial charge in [-0.25, -0.2) is 0 Å². The molecule has 0 atom stereocenters. The lowest BCUT2D eigenvalue weighted by atomic mass is 10.2. The summed E-state index contributed by atoms with van der Waals surface area (Å²) in [7, 11) is 0. The molecule has 1 heterocycles. The lowest BCUT2D eigenvalue weighted by Gasteiger charge is -2.30. The summed E-state index contributed by atoms with van der Waals surface area (Å²) in [5, 5.41) is 3.36. The second-order valence-corrected chi connectivity index (χ2v) is 6.87. The Hall–Kier alpha value is -1.07. The number of anilines is 1. The van der Waals surface area contributed by atoms with Crippen LogP contribution in [0.15, 0.2) is 22.7 Å². The van der Waals surface area contributed by atoms with Crippen LogP contribution in [-0.4, -0.2) is 38.3 Å². The molecule has 0 aromatic heterocycles. The van der Waals surface area contributed by atoms with E-state index in [4.69, 9.17) is 0 Å². The van der Waals surface area contributed by atoms with Crippen LogP contribution in [0.4, 0.5) is 5.69 Å². The molecule has 1 fully saturated rings. The van der Waals surface area contributed by atoms with E-state index in [1.165, 1.54) is 15.7 Å². The van der Waals surface area contributed by atoms with Crippen molar-refractivity contribution in [3.05, 3.63) is 28.2 Å². The summed E-state index contributed by atoms with van der Waals surface area (Å²) >= 11 is 3.62. The van der Waals surface area contributed by atoms with Crippen molar-refractivity contribution in [3.63, 3.8) is 0 Å². The zero-order valence-corrected chi connectivity index (χ0v) is 14.9. The molecule has 0 amide bonds. The summed E-state index contributed by atoms with van der Waals surface area (Å²) in [6.45, 7) is 12.4. The average molecular weight is 357 g/mol. The molecular formula is C16H25BrN2O2. The Bertz CT molecular complexity index is 452. The van der Waals surface area contributed by atoms with Crippen LogP contribution in [0.25, 0.3) is 0 Å². The molecule has 0 saturated carbocycles. The Morgan fingerprint density at radius 3 is 2.33 bits per heavy atom. The number of carbonyl (C=O) groups excluding carboxylic acids is 1. The second kappa shape index (κ2) is 8.39. The van der Waals surface area contributed by atoms with E-state index in [1.807, 2.05) is 20.8 Å². The standard InChI is InChI=1S/C11H15BrN2.C5H10O2/c1-9-2-3-11(10(12)8-9)14-6-4-13-5-7-14;1-5(2,3)7-4-6/h2-3,8,13H,4-7H2,1H3;4H,1-3H3. The molecular weight excluding hydrogens is 332 g/mol. The first-order valence-corrected chi connectivity index (χ1v) is 7.96. The maximum atomic E-state index is 9.60. The van der Waals surface area contributed by atoms with E-state index in [2.05, 4.69) is 56.0 Å². The number of benzene rings is 1. The van der Waals surface area contributed by atoms with E-state index in [0.717, 1.165) is 26.2 Å². The summed E-state index contributed by atoms with van der Waals surface area (Å²) in [6.07, 6.45) is 0. The predicted octanol–water partition coefficient (Wildman–Crippen LogP) is 3.13. The highest BCUT2D eigenvalue weighted by molar-refractivity contribution is 9.10. The molecule has 0 radical (unpaired) electrons. The molecule has 5 heteroatoms. The van der Waals surface area contributed by atoms with Crippen molar-refractivity contribution in [2.45, 2.75) is 33.3 Å². The third-order valence-corrected chi connectivity index (χ3v) is 3.60. The maximum absolute atomic E-state index is 9.60. The molecule has 21 heavy (non-hydrogen) atoms. The molecule has 4 nitrogen and oxygen atoms in total. The van der Waals surface area contributed by atoms with E-state index >= 15 is 0 Å². The second-order valence-electron chi connectivity index (χ2n) is 6.02. The first-order chi connectivity index (χ1) is 9.83. The molecule has 1 aliphatic heterocycles. The van der Waals surface area contributed by atoms with Crippen molar-refractivity contribution in [2.75, 3.05) is 31.1 Å². The number of hydrogen-bond acceptors (Lipinski definition) is 4. The normalized spacial score (nSPS) is 15.0. The lowest BCUT2D eigenvalue weighted by Crippen LogP contribution is -2.43. The van der Waals surface area contributed by atoms with Gasteiger partial charge in [-0.2, -0.15) is 0 Å². The molecule has 2 rings (SSSR count). The van der Waals surface area contributed by atoms with Crippen molar-refractivity contribution in [3.8, 4) is 0 Å². The minimum absolute atomic E-state index is 0.318. The van der Waals surface area contributed by atoms with Crippen LogP contribution in [0, 0.1) is 6.92 Å². The first kappa shape index (κ1) is 18.0. The van der Waals surface area contributed by atoms with Gasteiger partial charge < -0.3 is 15.0 Å². The van der Waals surface area contributed by atoms with Gasteiger partial charge in [-0.15, -0.1) is 0 Å². The van der Waals surface area contributed by atoms with Gasteiger partial charge in [0.05, 0.1) is 5.69 Å². The van der Waals surface area contributed by atoms with Crippen LogP contribution < -0.4 is 10.2 Å². The van der Waals surface area contributed by atoms with Gasteiger partial charge in [-0.1, -0.05) is 6.07 Å². The van der Waals surface area contributed by atoms with E-state index in [9.17, 15) is 4.79 Å². The molecule has 1 aromatic rings. The Morgan fingerprint density at radius 1 is 1.29 bits per heavy atom. The van der Waals surface area contributed by atoms with Crippen LogP contribution >= 0.6 is 15.9 Å². The topological polar surface area (TPSA) is 41.6 Å². The molecule has 0 aliphatic carbocycles. The van der Waals surface area contributed by atoms with Crippen molar-refractivity contribution >= 4 is 28.1 Å². The Morgan fingerprint density at radius 2 is 1.90 bits per heavy atom. The summed E-state index contributed by atoms with van der Waals surface area (Å²) in [6, 6.07) is 6.55. The van der Waals surface area contributed by atoms with Gasteiger partial charge in [0.1, 0.15) is 5.60 Å². The third-order valence-electron chi connectivity index (χ3n) is 2.96. The zero-order valence-electron chi connectivity index (χ0n) is 13.3. The Balaban J connectivity index is 0.000000270. The highest BCUT2D eigenvalue weighted by atomic mass is 79.9. The van der Waals surface area contributed by atoms with Gasteiger partial charge in [0.25, 0.3) is 6.47 Å². The molecule has 1 saturated heterocycles. The monoisotopic (exact) mass is 356 g/mol. The van der Waals surface area contributed by atoms with E-state index in [-0.39, 0.29) is 5.60 Å². The Kier molecular flexibility index (Phi) is 7.18. The summed E-state index contributed by atoms with van der Waals surface area (Å²) in [5.74, 6) is 0. The van der Waals surface area contributed by atoms with Crippen LogP contribution in [0.1, 0.15) is 26.3 Å². The molecule has 1 aromatic carbocycles. The number of nitrogens with zero attached hydrogens (tertiary/aromatic N) is 1. The van der Waals surface area contributed by atoms with Crippen molar-refractivity contribution in [1.29, 1.82) is 0 Å². The number of rotatable bonds is 2. The molecule has 0 spiro atoms. The maximum Gasteiger partial charge on any atom is 0.293 e. The van der Waals surface area contributed by atoms with Crippen molar-refractivity contribution < 1.29 is 9.53 Å². The number of carbonyl (C=O) groups is 1. The number of halogens is 1. The number of ether oxygens (including phenoxy) is 1. The number of hydrogen-bond donors (Lipinski definition) is 1. The van der Waals surface area contributed by atoms with E-state index in [1.54, 1.807) is 0 Å². The molecule has 0 unspecified atom stereocenters. The fraction of sp³-hybridized carbons (Fsp3) is 0.562. The van der Waals surface area contributed by atoms with Gasteiger partial charge in [-0.3, -0.25) is 4.79 Å². The quantitative estimate of drug-likeness (QED) is 0.826. The van der Waals surface area contributed by atoms with Gasteiger partial charge in [0.15, 0.2) is 0 Å². The molecule has 0 bridgehead atoms. The SMILES string of the molecule is CC(C)(C)OC=O.Cc1ccc(N2CCNCC2)c(Br)c1. The molecule has 1 N–H and O–H groups in total. The zero-order chi connectivity index (χ0) is 15.9. The number of aryl methyl sites for hydroxylation is 1. The van der Waals surface area contributed by atoms with Crippen LogP contribution in [0.3, 0.4) is 0 Å². The van der Waals surface area contributed by atoms with Gasteiger partial charge in [-0.05, 0) is 61.3 Å². The average Bonchev–Trinajstić information content (AvgIpc) is 2.39. The van der Waals surface area contributed by atoms with Crippen LogP contribution in [0.5, 0.6) is 0 Å². The smallest absolute Gasteiger partial charge is 0.293 e. The summed E-state index contributed by atoms with van der Waals surface area (Å²) < 4.78 is 5.76. The van der Waals surface area contributed by atoms with Gasteiger partial charge >= 0.3 is 0 Å². The van der Waals surface area contributed by atoms with E-state index < -0.39 is 0 Å². The van der Waals surface area contributed by atoms with Crippen LogP contribution in [-0.2, 0) is 9.53 Å². The molecule has 1 aliphatic rings. The van der Waals surface area contributed by atoms with Crippen LogP contribution in [0.2, 0.25) is 0 Å². The highest BCUT2D eigenvalue weighted by Gasteiger charge is 2.12. The fourth-order valence-electron chi connectivity index (χ4n) is 1.92. The minimum atomic E-state index is -0.318. The largest absolute Gasteiger partial charge is 0.462 e. The lowest BCUT2D eigenvalue weighted by molar-refractivity contribution is -0.138. The summed E-state index contributed by atoms with van der Waals surface area (Å²) in [4.78, 5) is 12.0. The highest BCUT2D eigenvalue weighted by Crippen LogP contribution is 2.27. The van der Waals surface area contributed by atoms with E-state index in [0.29, 0.717) is 6.47 Å². The summed E-state index contributed by atoms with van der Waals surface area (Å²) in [5.41, 5.74) is 2.30. The third kappa shape index (κ3) is 6.96. The fourth-order valence-corrected chi connectivity index (χ4v) is 2.66. The predicted molar refractivity (Wildman–Crippen MR) is 90.9 cm³/mol. The number of nitrogens with one attached hydrogen (secondary N) is 1.